The molecule has 1 fully saturated rings. The molecule has 0 aliphatic carbocycles. The number of hydrogen-bond acceptors (Lipinski definition) is 5. The van der Waals surface area contributed by atoms with Gasteiger partial charge in [-0.05, 0) is 37.8 Å². The Bertz CT molecular complexity index is 765. The highest BCUT2D eigenvalue weighted by molar-refractivity contribution is 5.95. The van der Waals surface area contributed by atoms with Crippen molar-refractivity contribution in [2.75, 3.05) is 18.4 Å². The number of carbonyl (C=O) groups is 2. The Morgan fingerprint density at radius 3 is 2.44 bits per heavy atom. The third-order valence-electron chi connectivity index (χ3n) is 4.49. The van der Waals surface area contributed by atoms with Gasteiger partial charge in [-0.25, -0.2) is 9.97 Å². The van der Waals surface area contributed by atoms with Crippen LogP contribution in [0.4, 0.5) is 11.6 Å². The first-order valence-corrected chi connectivity index (χ1v) is 8.52. The zero-order valence-electron chi connectivity index (χ0n) is 14.5. The molecule has 0 saturated carbocycles. The molecule has 0 radical (unpaired) electrons. The Hall–Kier alpha value is -2.76. The smallest absolute Gasteiger partial charge is 0.256 e. The Morgan fingerprint density at radius 1 is 1.12 bits per heavy atom. The van der Waals surface area contributed by atoms with E-state index in [2.05, 4.69) is 22.2 Å². The lowest BCUT2D eigenvalue weighted by atomic mass is 9.99. The summed E-state index contributed by atoms with van der Waals surface area (Å²) in [6.45, 7) is 5.32. The van der Waals surface area contributed by atoms with Crippen LogP contribution < -0.4 is 5.32 Å². The van der Waals surface area contributed by atoms with Crippen LogP contribution in [0.5, 0.6) is 0 Å². The minimum atomic E-state index is -0.0166. The molecule has 130 valence electrons. The topological polar surface area (TPSA) is 75.2 Å². The van der Waals surface area contributed by atoms with Crippen LogP contribution in [0.2, 0.25) is 0 Å². The minimum Gasteiger partial charge on any atom is -0.339 e. The third-order valence-corrected chi connectivity index (χ3v) is 4.49. The fourth-order valence-electron chi connectivity index (χ4n) is 2.84. The van der Waals surface area contributed by atoms with E-state index in [9.17, 15) is 9.59 Å². The van der Waals surface area contributed by atoms with E-state index >= 15 is 0 Å². The van der Waals surface area contributed by atoms with Crippen LogP contribution in [-0.4, -0.2) is 39.6 Å². The van der Waals surface area contributed by atoms with Gasteiger partial charge in [0.1, 0.15) is 0 Å². The molecular weight excluding hydrogens is 316 g/mol. The van der Waals surface area contributed by atoms with Gasteiger partial charge in [-0.15, -0.1) is 0 Å². The average Bonchev–Trinajstić information content (AvgIpc) is 2.63. The van der Waals surface area contributed by atoms with Crippen molar-refractivity contribution in [2.45, 2.75) is 26.7 Å². The lowest BCUT2D eigenvalue weighted by Gasteiger charge is -2.30. The van der Waals surface area contributed by atoms with Crippen LogP contribution in [-0.2, 0) is 0 Å². The molecule has 0 bridgehead atoms. The van der Waals surface area contributed by atoms with Crippen molar-refractivity contribution in [2.24, 2.45) is 5.92 Å². The zero-order valence-corrected chi connectivity index (χ0v) is 14.5. The lowest BCUT2D eigenvalue weighted by Crippen LogP contribution is -2.38. The highest BCUT2D eigenvalue weighted by Gasteiger charge is 2.21. The van der Waals surface area contributed by atoms with Gasteiger partial charge in [0.05, 0.1) is 5.56 Å². The van der Waals surface area contributed by atoms with Gasteiger partial charge in [-0.1, -0.05) is 19.1 Å². The molecule has 6 heteroatoms. The summed E-state index contributed by atoms with van der Waals surface area (Å²) in [6.07, 6.45) is 5.17. The van der Waals surface area contributed by atoms with Crippen LogP contribution in [0.15, 0.2) is 36.7 Å². The molecular formula is C19H22N4O2. The second-order valence-corrected chi connectivity index (χ2v) is 6.53. The van der Waals surface area contributed by atoms with Crippen molar-refractivity contribution in [3.8, 4) is 0 Å². The first kappa shape index (κ1) is 17.1. The van der Waals surface area contributed by atoms with Crippen LogP contribution >= 0.6 is 0 Å². The van der Waals surface area contributed by atoms with Gasteiger partial charge in [0.25, 0.3) is 5.91 Å². The maximum atomic E-state index is 12.5. The first-order valence-electron chi connectivity index (χ1n) is 8.52. The summed E-state index contributed by atoms with van der Waals surface area (Å²) in [7, 11) is 0. The highest BCUT2D eigenvalue weighted by Crippen LogP contribution is 2.19. The maximum Gasteiger partial charge on any atom is 0.256 e. The molecule has 1 aromatic heterocycles. The number of ketones is 1. The average molecular weight is 338 g/mol. The number of nitrogens with one attached hydrogen (secondary N) is 1. The number of nitrogens with zero attached hydrogens (tertiary/aromatic N) is 3. The summed E-state index contributed by atoms with van der Waals surface area (Å²) in [5, 5.41) is 3.05. The lowest BCUT2D eigenvalue weighted by molar-refractivity contribution is 0.0696. The number of hydrogen-bond donors (Lipinski definition) is 1. The summed E-state index contributed by atoms with van der Waals surface area (Å²) in [4.78, 5) is 34.2. The quantitative estimate of drug-likeness (QED) is 0.866. The number of rotatable bonds is 4. The molecule has 1 aromatic carbocycles. The SMILES string of the molecule is CC(=O)c1cccc(Nc2ncc(C(=O)N3CCC(C)CC3)cn2)c1. The minimum absolute atomic E-state index is 0.00126. The van der Waals surface area contributed by atoms with E-state index in [0.29, 0.717) is 23.0 Å². The predicted octanol–water partition coefficient (Wildman–Crippen LogP) is 3.29. The van der Waals surface area contributed by atoms with Gasteiger partial charge in [0.15, 0.2) is 5.78 Å². The second-order valence-electron chi connectivity index (χ2n) is 6.53. The van der Waals surface area contributed by atoms with Crippen molar-refractivity contribution in [3.05, 3.63) is 47.8 Å². The number of benzene rings is 1. The van der Waals surface area contributed by atoms with Crippen LogP contribution in [0.3, 0.4) is 0 Å². The van der Waals surface area contributed by atoms with Crippen molar-refractivity contribution >= 4 is 23.3 Å². The Morgan fingerprint density at radius 2 is 1.80 bits per heavy atom. The van der Waals surface area contributed by atoms with Crippen LogP contribution in [0.1, 0.15) is 47.4 Å². The molecule has 2 aromatic rings. The number of amides is 1. The number of piperidine rings is 1. The first-order chi connectivity index (χ1) is 12.0. The van der Waals surface area contributed by atoms with E-state index in [-0.39, 0.29) is 11.7 Å². The van der Waals surface area contributed by atoms with E-state index in [4.69, 9.17) is 0 Å². The molecule has 0 spiro atoms. The van der Waals surface area contributed by atoms with Gasteiger partial charge in [0, 0.05) is 36.7 Å². The predicted molar refractivity (Wildman–Crippen MR) is 96.1 cm³/mol. The van der Waals surface area contributed by atoms with E-state index < -0.39 is 0 Å². The monoisotopic (exact) mass is 338 g/mol. The molecule has 3 rings (SSSR count). The van der Waals surface area contributed by atoms with E-state index in [0.717, 1.165) is 31.6 Å². The van der Waals surface area contributed by atoms with Gasteiger partial charge < -0.3 is 10.2 Å². The molecule has 25 heavy (non-hydrogen) atoms. The van der Waals surface area contributed by atoms with Crippen molar-refractivity contribution in [1.29, 1.82) is 0 Å². The maximum absolute atomic E-state index is 12.5. The van der Waals surface area contributed by atoms with Crippen LogP contribution in [0.25, 0.3) is 0 Å². The standard InChI is InChI=1S/C19H22N4O2/c1-13-6-8-23(9-7-13)18(25)16-11-20-19(21-12-16)22-17-5-3-4-15(10-17)14(2)24/h3-5,10-13H,6-9H2,1-2H3,(H,20,21,22). The highest BCUT2D eigenvalue weighted by atomic mass is 16.2. The number of likely N-dealkylation sites (tertiary alicyclic amines) is 1. The molecule has 0 unspecified atom stereocenters. The Kier molecular flexibility index (Phi) is 5.07. The van der Waals surface area contributed by atoms with E-state index in [1.54, 1.807) is 30.6 Å². The van der Waals surface area contributed by atoms with E-state index in [1.807, 2.05) is 11.0 Å². The summed E-state index contributed by atoms with van der Waals surface area (Å²) >= 11 is 0. The van der Waals surface area contributed by atoms with Crippen molar-refractivity contribution < 1.29 is 9.59 Å². The molecule has 1 aliphatic rings. The second kappa shape index (κ2) is 7.42. The fourth-order valence-corrected chi connectivity index (χ4v) is 2.84. The molecule has 1 saturated heterocycles. The number of anilines is 2. The molecule has 1 N–H and O–H groups in total. The molecule has 6 nitrogen and oxygen atoms in total. The summed E-state index contributed by atoms with van der Waals surface area (Å²) in [5.74, 6) is 1.06. The Labute approximate surface area is 147 Å². The molecule has 1 amide bonds. The molecule has 0 atom stereocenters. The fraction of sp³-hybridized carbons (Fsp3) is 0.368. The van der Waals surface area contributed by atoms with Gasteiger partial charge in [0.2, 0.25) is 5.95 Å². The summed E-state index contributed by atoms with van der Waals surface area (Å²) in [5.41, 5.74) is 1.85. The molecule has 1 aliphatic heterocycles. The normalized spacial score (nSPS) is 15.0. The van der Waals surface area contributed by atoms with Gasteiger partial charge >= 0.3 is 0 Å². The zero-order chi connectivity index (χ0) is 17.8. The van der Waals surface area contributed by atoms with Gasteiger partial charge in [-0.2, -0.15) is 0 Å². The number of Topliss-reactive ketones (excluding diaryl/α,β-unsaturated/α-hetero) is 1. The number of aromatic nitrogens is 2. The summed E-state index contributed by atoms with van der Waals surface area (Å²) < 4.78 is 0. The molecule has 2 heterocycles. The summed E-state index contributed by atoms with van der Waals surface area (Å²) in [6, 6.07) is 7.15. The number of carbonyl (C=O) groups excluding carboxylic acids is 2. The van der Waals surface area contributed by atoms with Crippen molar-refractivity contribution in [3.63, 3.8) is 0 Å². The Balaban J connectivity index is 1.67. The largest absolute Gasteiger partial charge is 0.339 e. The van der Waals surface area contributed by atoms with E-state index in [1.165, 1.54) is 6.92 Å². The third kappa shape index (κ3) is 4.21. The van der Waals surface area contributed by atoms with Crippen LogP contribution in [0, 0.1) is 5.92 Å². The van der Waals surface area contributed by atoms with Crippen molar-refractivity contribution in [1.82, 2.24) is 14.9 Å². The van der Waals surface area contributed by atoms with Gasteiger partial charge in [-0.3, -0.25) is 9.59 Å².